The van der Waals surface area contributed by atoms with Crippen LogP contribution in [0.1, 0.15) is 11.1 Å². The van der Waals surface area contributed by atoms with Crippen LogP contribution < -0.4 is 10.1 Å². The van der Waals surface area contributed by atoms with E-state index in [1.165, 1.54) is 0 Å². The predicted octanol–water partition coefficient (Wildman–Crippen LogP) is 5.53. The third-order valence-corrected chi connectivity index (χ3v) is 4.15. The van der Waals surface area contributed by atoms with Gasteiger partial charge in [0, 0.05) is 11.3 Å². The fourth-order valence-electron chi connectivity index (χ4n) is 2.56. The summed E-state index contributed by atoms with van der Waals surface area (Å²) in [6.45, 7) is 0. The van der Waals surface area contributed by atoms with Crippen molar-refractivity contribution in [3.8, 4) is 5.75 Å². The molecule has 130 valence electrons. The Morgan fingerprint density at radius 1 is 0.962 bits per heavy atom. The van der Waals surface area contributed by atoms with Crippen molar-refractivity contribution in [1.29, 1.82) is 0 Å². The highest BCUT2D eigenvalue weighted by molar-refractivity contribution is 6.33. The second-order valence-electron chi connectivity index (χ2n) is 5.64. The molecule has 0 saturated carbocycles. The van der Waals surface area contributed by atoms with Crippen LogP contribution in [0.3, 0.4) is 0 Å². The zero-order chi connectivity index (χ0) is 18.4. The van der Waals surface area contributed by atoms with Crippen LogP contribution in [0.25, 0.3) is 11.6 Å². The summed E-state index contributed by atoms with van der Waals surface area (Å²) >= 11 is 6.15. The van der Waals surface area contributed by atoms with Crippen molar-refractivity contribution in [3.05, 3.63) is 95.0 Å². The van der Waals surface area contributed by atoms with E-state index in [2.05, 4.69) is 5.32 Å². The van der Waals surface area contributed by atoms with Crippen molar-refractivity contribution in [2.75, 3.05) is 12.4 Å². The lowest BCUT2D eigenvalue weighted by Crippen LogP contribution is -2.13. The lowest BCUT2D eigenvalue weighted by Gasteiger charge is -2.11. The predicted molar refractivity (Wildman–Crippen MR) is 107 cm³/mol. The van der Waals surface area contributed by atoms with E-state index in [0.29, 0.717) is 22.0 Å². The highest BCUT2D eigenvalue weighted by atomic mass is 35.5. The van der Waals surface area contributed by atoms with E-state index in [9.17, 15) is 4.79 Å². The zero-order valence-corrected chi connectivity index (χ0v) is 15.0. The molecule has 3 aromatic carbocycles. The van der Waals surface area contributed by atoms with Gasteiger partial charge in [-0.3, -0.25) is 4.79 Å². The van der Waals surface area contributed by atoms with Crippen molar-refractivity contribution in [1.82, 2.24) is 0 Å². The lowest BCUT2D eigenvalue weighted by molar-refractivity contribution is -0.111. The summed E-state index contributed by atoms with van der Waals surface area (Å²) < 4.78 is 5.14. The number of ether oxygens (including phenoxy) is 1. The molecule has 0 unspecified atom stereocenters. The maximum atomic E-state index is 12.9. The van der Waals surface area contributed by atoms with Crippen LogP contribution in [0.4, 0.5) is 5.69 Å². The number of anilines is 1. The minimum absolute atomic E-state index is 0.207. The van der Waals surface area contributed by atoms with Gasteiger partial charge in [0.2, 0.25) is 0 Å². The van der Waals surface area contributed by atoms with Crippen molar-refractivity contribution in [2.24, 2.45) is 0 Å². The van der Waals surface area contributed by atoms with Gasteiger partial charge in [0.15, 0.2) is 0 Å². The van der Waals surface area contributed by atoms with E-state index in [0.717, 1.165) is 11.1 Å². The minimum Gasteiger partial charge on any atom is -0.495 e. The average Bonchev–Trinajstić information content (AvgIpc) is 2.68. The Kier molecular flexibility index (Phi) is 5.72. The maximum absolute atomic E-state index is 12.9. The Balaban J connectivity index is 1.93. The Morgan fingerprint density at radius 3 is 2.23 bits per heavy atom. The summed E-state index contributed by atoms with van der Waals surface area (Å²) in [5.74, 6) is 0.356. The summed E-state index contributed by atoms with van der Waals surface area (Å²) in [6, 6.07) is 24.5. The van der Waals surface area contributed by atoms with Crippen molar-refractivity contribution >= 4 is 34.8 Å². The molecule has 0 atom stereocenters. The maximum Gasteiger partial charge on any atom is 0.256 e. The Bertz CT molecular complexity index is 921. The molecule has 3 aromatic rings. The van der Waals surface area contributed by atoms with Gasteiger partial charge in [0.25, 0.3) is 5.91 Å². The van der Waals surface area contributed by atoms with Gasteiger partial charge in [-0.1, -0.05) is 72.3 Å². The molecular formula is C22H18ClNO2. The summed E-state index contributed by atoms with van der Waals surface area (Å²) in [5, 5.41) is 3.35. The number of benzene rings is 3. The molecule has 0 spiro atoms. The molecule has 3 rings (SSSR count). The summed E-state index contributed by atoms with van der Waals surface area (Å²) in [7, 11) is 1.55. The van der Waals surface area contributed by atoms with Crippen LogP contribution in [0.2, 0.25) is 5.02 Å². The summed E-state index contributed by atoms with van der Waals surface area (Å²) in [4.78, 5) is 12.9. The first-order valence-electron chi connectivity index (χ1n) is 8.14. The van der Waals surface area contributed by atoms with Crippen molar-refractivity contribution < 1.29 is 9.53 Å². The van der Waals surface area contributed by atoms with Gasteiger partial charge in [-0.25, -0.2) is 0 Å². The first-order valence-corrected chi connectivity index (χ1v) is 8.52. The Morgan fingerprint density at radius 2 is 1.62 bits per heavy atom. The highest BCUT2D eigenvalue weighted by Gasteiger charge is 2.13. The Hall–Kier alpha value is -3.04. The second-order valence-corrected chi connectivity index (χ2v) is 6.05. The van der Waals surface area contributed by atoms with Gasteiger partial charge in [0.05, 0.1) is 12.1 Å². The fraction of sp³-hybridized carbons (Fsp3) is 0.0455. The lowest BCUT2D eigenvalue weighted by atomic mass is 10.0. The van der Waals surface area contributed by atoms with Gasteiger partial charge in [-0.15, -0.1) is 0 Å². The normalized spacial score (nSPS) is 11.1. The highest BCUT2D eigenvalue weighted by Crippen LogP contribution is 2.28. The number of carbonyl (C=O) groups is 1. The number of carbonyl (C=O) groups excluding carboxylic acids is 1. The van der Waals surface area contributed by atoms with Gasteiger partial charge in [0.1, 0.15) is 5.75 Å². The van der Waals surface area contributed by atoms with E-state index >= 15 is 0 Å². The molecule has 0 radical (unpaired) electrons. The standard InChI is InChI=1S/C22H18ClNO2/c1-26-21-13-12-18(15-20(21)23)24-22(25)19(17-10-6-3-7-11-17)14-16-8-4-2-5-9-16/h2-15H,1H3,(H,24,25). The fourth-order valence-corrected chi connectivity index (χ4v) is 2.81. The van der Waals surface area contributed by atoms with Crippen LogP contribution in [0, 0.1) is 0 Å². The van der Waals surface area contributed by atoms with Crippen molar-refractivity contribution in [3.63, 3.8) is 0 Å². The summed E-state index contributed by atoms with van der Waals surface area (Å²) in [5.41, 5.74) is 2.97. The van der Waals surface area contributed by atoms with Crippen LogP contribution >= 0.6 is 11.6 Å². The molecule has 4 heteroatoms. The SMILES string of the molecule is COc1ccc(NC(=O)C(=Cc2ccccc2)c2ccccc2)cc1Cl. The quantitative estimate of drug-likeness (QED) is 0.478. The Labute approximate surface area is 157 Å². The second kappa shape index (κ2) is 8.37. The molecule has 0 aromatic heterocycles. The van der Waals surface area contributed by atoms with E-state index in [1.807, 2.05) is 66.7 Å². The number of halogens is 1. The molecule has 0 aliphatic carbocycles. The van der Waals surface area contributed by atoms with Crippen LogP contribution in [0.15, 0.2) is 78.9 Å². The molecule has 0 bridgehead atoms. The molecule has 1 N–H and O–H groups in total. The number of rotatable bonds is 5. The number of amides is 1. The van der Waals surface area contributed by atoms with Gasteiger partial charge in [-0.05, 0) is 35.4 Å². The van der Waals surface area contributed by atoms with Crippen molar-refractivity contribution in [2.45, 2.75) is 0 Å². The largest absolute Gasteiger partial charge is 0.495 e. The molecule has 0 saturated heterocycles. The van der Waals surface area contributed by atoms with E-state index in [1.54, 1.807) is 25.3 Å². The minimum atomic E-state index is -0.207. The average molecular weight is 364 g/mol. The topological polar surface area (TPSA) is 38.3 Å². The summed E-state index contributed by atoms with van der Waals surface area (Å²) in [6.07, 6.45) is 1.87. The molecule has 1 amide bonds. The molecule has 3 nitrogen and oxygen atoms in total. The number of hydrogen-bond donors (Lipinski definition) is 1. The van der Waals surface area contributed by atoms with Crippen LogP contribution in [0.5, 0.6) is 5.75 Å². The number of methoxy groups -OCH3 is 1. The zero-order valence-electron chi connectivity index (χ0n) is 14.3. The third-order valence-electron chi connectivity index (χ3n) is 3.85. The van der Waals surface area contributed by atoms with Gasteiger partial charge >= 0.3 is 0 Å². The van der Waals surface area contributed by atoms with Crippen LogP contribution in [-0.4, -0.2) is 13.0 Å². The third kappa shape index (κ3) is 4.32. The molecule has 0 heterocycles. The van der Waals surface area contributed by atoms with E-state index in [4.69, 9.17) is 16.3 Å². The molecule has 0 fully saturated rings. The number of nitrogens with one attached hydrogen (secondary N) is 1. The first kappa shape index (κ1) is 17.8. The molecule has 26 heavy (non-hydrogen) atoms. The number of hydrogen-bond acceptors (Lipinski definition) is 2. The van der Waals surface area contributed by atoms with Gasteiger partial charge in [-0.2, -0.15) is 0 Å². The molecule has 0 aliphatic heterocycles. The molecule has 0 aliphatic rings. The van der Waals surface area contributed by atoms with Gasteiger partial charge < -0.3 is 10.1 Å². The monoisotopic (exact) mass is 363 g/mol. The van der Waals surface area contributed by atoms with E-state index in [-0.39, 0.29) is 5.91 Å². The molecular weight excluding hydrogens is 346 g/mol. The van der Waals surface area contributed by atoms with Crippen LogP contribution in [-0.2, 0) is 4.79 Å². The smallest absolute Gasteiger partial charge is 0.256 e. The first-order chi connectivity index (χ1) is 12.7. The van der Waals surface area contributed by atoms with E-state index < -0.39 is 0 Å².